The standard InChI is InChI=1S/C25H29FN4O3/c1-15-12-16(27-13-18-22-19(26)6-5-7-21(22)29-23(18)31)8-9-20(15)28-17-10-11-30(14-17)24(32)33-25(2,3)4/h5-9,12-13,17,27-28H,10-11,14H2,1-4H3,(H,29,31). The number of rotatable bonds is 4. The number of likely N-dealkylation sites (tertiary alicyclic amines) is 1. The van der Waals surface area contributed by atoms with Crippen LogP contribution in [0.3, 0.4) is 0 Å². The van der Waals surface area contributed by atoms with E-state index in [0.717, 1.165) is 23.4 Å². The third-order valence-electron chi connectivity index (χ3n) is 5.58. The molecular formula is C25H29FN4O3. The molecule has 1 unspecified atom stereocenters. The number of carbonyl (C=O) groups is 2. The van der Waals surface area contributed by atoms with Crippen molar-refractivity contribution in [1.82, 2.24) is 4.90 Å². The predicted octanol–water partition coefficient (Wildman–Crippen LogP) is 4.96. The Morgan fingerprint density at radius 1 is 1.27 bits per heavy atom. The van der Waals surface area contributed by atoms with Crippen LogP contribution in [-0.2, 0) is 9.53 Å². The smallest absolute Gasteiger partial charge is 0.410 e. The molecule has 2 aromatic carbocycles. The summed E-state index contributed by atoms with van der Waals surface area (Å²) in [6.07, 6.45) is 2.08. The molecule has 7 nitrogen and oxygen atoms in total. The van der Waals surface area contributed by atoms with Gasteiger partial charge in [-0.3, -0.25) is 4.79 Å². The van der Waals surface area contributed by atoms with E-state index in [1.165, 1.54) is 12.3 Å². The monoisotopic (exact) mass is 452 g/mol. The summed E-state index contributed by atoms with van der Waals surface area (Å²) in [7, 11) is 0. The molecule has 0 aromatic heterocycles. The van der Waals surface area contributed by atoms with Gasteiger partial charge in [-0.2, -0.15) is 0 Å². The topological polar surface area (TPSA) is 82.7 Å². The zero-order valence-electron chi connectivity index (χ0n) is 19.3. The molecule has 2 aliphatic heterocycles. The predicted molar refractivity (Wildman–Crippen MR) is 128 cm³/mol. The van der Waals surface area contributed by atoms with Crippen molar-refractivity contribution in [2.45, 2.75) is 45.8 Å². The number of nitrogens with one attached hydrogen (secondary N) is 3. The molecule has 33 heavy (non-hydrogen) atoms. The Morgan fingerprint density at radius 2 is 2.06 bits per heavy atom. The highest BCUT2D eigenvalue weighted by atomic mass is 19.1. The van der Waals surface area contributed by atoms with E-state index in [9.17, 15) is 14.0 Å². The minimum Gasteiger partial charge on any atom is -0.444 e. The number of amides is 2. The number of aryl methyl sites for hydroxylation is 1. The van der Waals surface area contributed by atoms with Gasteiger partial charge in [0.2, 0.25) is 0 Å². The lowest BCUT2D eigenvalue weighted by molar-refractivity contribution is -0.110. The molecule has 4 rings (SSSR count). The molecule has 0 radical (unpaired) electrons. The van der Waals surface area contributed by atoms with Crippen LogP contribution in [0.15, 0.2) is 42.6 Å². The molecule has 0 spiro atoms. The number of fused-ring (bicyclic) bond motifs is 1. The molecule has 1 fully saturated rings. The van der Waals surface area contributed by atoms with Crippen LogP contribution in [0.4, 0.5) is 26.2 Å². The summed E-state index contributed by atoms with van der Waals surface area (Å²) in [5, 5.41) is 9.28. The lowest BCUT2D eigenvalue weighted by Crippen LogP contribution is -2.36. The number of benzene rings is 2. The van der Waals surface area contributed by atoms with Gasteiger partial charge in [0, 0.05) is 42.3 Å². The second-order valence-corrected chi connectivity index (χ2v) is 9.40. The summed E-state index contributed by atoms with van der Waals surface area (Å²) in [6, 6.07) is 10.5. The average Bonchev–Trinajstić information content (AvgIpc) is 3.32. The number of hydrogen-bond acceptors (Lipinski definition) is 5. The van der Waals surface area contributed by atoms with Crippen molar-refractivity contribution in [3.63, 3.8) is 0 Å². The van der Waals surface area contributed by atoms with Gasteiger partial charge in [-0.05, 0) is 70.0 Å². The molecule has 2 aliphatic rings. The van der Waals surface area contributed by atoms with Crippen LogP contribution in [0, 0.1) is 12.7 Å². The van der Waals surface area contributed by atoms with Crippen molar-refractivity contribution in [3.8, 4) is 0 Å². The van der Waals surface area contributed by atoms with E-state index in [1.54, 1.807) is 17.0 Å². The first-order valence-electron chi connectivity index (χ1n) is 11.0. The van der Waals surface area contributed by atoms with E-state index in [1.807, 2.05) is 45.9 Å². The van der Waals surface area contributed by atoms with Crippen molar-refractivity contribution >= 4 is 34.6 Å². The Kier molecular flexibility index (Phi) is 6.01. The molecule has 2 aromatic rings. The molecular weight excluding hydrogens is 423 g/mol. The van der Waals surface area contributed by atoms with Crippen molar-refractivity contribution < 1.29 is 18.7 Å². The van der Waals surface area contributed by atoms with Gasteiger partial charge in [0.25, 0.3) is 5.91 Å². The molecule has 2 heterocycles. The van der Waals surface area contributed by atoms with Gasteiger partial charge in [0.1, 0.15) is 11.4 Å². The Morgan fingerprint density at radius 3 is 2.79 bits per heavy atom. The highest BCUT2D eigenvalue weighted by Crippen LogP contribution is 2.34. The first-order chi connectivity index (χ1) is 15.6. The van der Waals surface area contributed by atoms with Gasteiger partial charge in [0.15, 0.2) is 0 Å². The second-order valence-electron chi connectivity index (χ2n) is 9.40. The fraction of sp³-hybridized carbons (Fsp3) is 0.360. The fourth-order valence-electron chi connectivity index (χ4n) is 4.00. The highest BCUT2D eigenvalue weighted by Gasteiger charge is 2.30. The van der Waals surface area contributed by atoms with Gasteiger partial charge in [-0.15, -0.1) is 0 Å². The Bertz CT molecular complexity index is 1120. The van der Waals surface area contributed by atoms with Crippen LogP contribution >= 0.6 is 0 Å². The number of carbonyl (C=O) groups excluding carboxylic acids is 2. The van der Waals surface area contributed by atoms with E-state index < -0.39 is 11.4 Å². The molecule has 2 amide bonds. The molecule has 0 aliphatic carbocycles. The van der Waals surface area contributed by atoms with E-state index in [0.29, 0.717) is 18.8 Å². The Labute approximate surface area is 193 Å². The minimum absolute atomic E-state index is 0.138. The Hall–Kier alpha value is -3.55. The first kappa shape index (κ1) is 22.6. The maximum absolute atomic E-state index is 14.2. The number of halogens is 1. The summed E-state index contributed by atoms with van der Waals surface area (Å²) < 4.78 is 19.7. The van der Waals surface area contributed by atoms with Crippen molar-refractivity contribution in [1.29, 1.82) is 0 Å². The lowest BCUT2D eigenvalue weighted by atomic mass is 10.1. The summed E-state index contributed by atoms with van der Waals surface area (Å²) in [6.45, 7) is 8.80. The van der Waals surface area contributed by atoms with Crippen LogP contribution in [0.2, 0.25) is 0 Å². The number of anilines is 3. The third-order valence-corrected chi connectivity index (χ3v) is 5.58. The van der Waals surface area contributed by atoms with E-state index in [2.05, 4.69) is 16.0 Å². The van der Waals surface area contributed by atoms with Gasteiger partial charge in [0.05, 0.1) is 11.3 Å². The molecule has 0 bridgehead atoms. The second kappa shape index (κ2) is 8.77. The molecule has 174 valence electrons. The van der Waals surface area contributed by atoms with E-state index in [-0.39, 0.29) is 29.2 Å². The summed E-state index contributed by atoms with van der Waals surface area (Å²) in [5.41, 5.74) is 3.27. The average molecular weight is 453 g/mol. The summed E-state index contributed by atoms with van der Waals surface area (Å²) in [4.78, 5) is 26.2. The highest BCUT2D eigenvalue weighted by molar-refractivity contribution is 6.31. The molecule has 8 heteroatoms. The maximum Gasteiger partial charge on any atom is 0.410 e. The zero-order valence-corrected chi connectivity index (χ0v) is 19.3. The lowest BCUT2D eigenvalue weighted by Gasteiger charge is -2.24. The number of ether oxygens (including phenoxy) is 1. The zero-order chi connectivity index (χ0) is 23.8. The molecule has 1 atom stereocenters. The third kappa shape index (κ3) is 5.10. The fourth-order valence-corrected chi connectivity index (χ4v) is 4.00. The van der Waals surface area contributed by atoms with Crippen LogP contribution < -0.4 is 16.0 Å². The van der Waals surface area contributed by atoms with Gasteiger partial charge < -0.3 is 25.6 Å². The SMILES string of the molecule is Cc1cc(NC=C2C(=O)Nc3cccc(F)c32)ccc1NC1CCN(C(=O)OC(C)(C)C)C1. The van der Waals surface area contributed by atoms with Crippen molar-refractivity contribution in [3.05, 3.63) is 59.5 Å². The Balaban J connectivity index is 1.39. The minimum atomic E-state index is -0.510. The number of nitrogens with zero attached hydrogens (tertiary/aromatic N) is 1. The van der Waals surface area contributed by atoms with Crippen LogP contribution in [-0.4, -0.2) is 41.6 Å². The van der Waals surface area contributed by atoms with E-state index in [4.69, 9.17) is 4.74 Å². The number of hydrogen-bond donors (Lipinski definition) is 3. The van der Waals surface area contributed by atoms with Gasteiger partial charge >= 0.3 is 6.09 Å². The van der Waals surface area contributed by atoms with E-state index >= 15 is 0 Å². The molecule has 1 saturated heterocycles. The van der Waals surface area contributed by atoms with Crippen molar-refractivity contribution in [2.75, 3.05) is 29.0 Å². The van der Waals surface area contributed by atoms with Crippen molar-refractivity contribution in [2.24, 2.45) is 0 Å². The molecule has 3 N–H and O–H groups in total. The molecule has 0 saturated carbocycles. The maximum atomic E-state index is 14.2. The summed E-state index contributed by atoms with van der Waals surface area (Å²) in [5.74, 6) is -0.778. The van der Waals surface area contributed by atoms with Gasteiger partial charge in [-0.1, -0.05) is 6.07 Å². The van der Waals surface area contributed by atoms with Crippen LogP contribution in [0.25, 0.3) is 5.57 Å². The normalized spacial score (nSPS) is 18.8. The summed E-state index contributed by atoms with van der Waals surface area (Å²) >= 11 is 0. The van der Waals surface area contributed by atoms with Crippen LogP contribution in [0.1, 0.15) is 38.3 Å². The quantitative estimate of drug-likeness (QED) is 0.571. The largest absolute Gasteiger partial charge is 0.444 e. The van der Waals surface area contributed by atoms with Crippen LogP contribution in [0.5, 0.6) is 0 Å². The first-order valence-corrected chi connectivity index (χ1v) is 11.0. The van der Waals surface area contributed by atoms with Gasteiger partial charge in [-0.25, -0.2) is 9.18 Å².